The molecule has 8 heteroatoms. The lowest BCUT2D eigenvalue weighted by molar-refractivity contribution is 0.315. The van der Waals surface area contributed by atoms with Gasteiger partial charge in [-0.05, 0) is 12.8 Å². The fraction of sp³-hybridized carbons (Fsp3) is 0.500. The summed E-state index contributed by atoms with van der Waals surface area (Å²) in [7, 11) is -3.44. The number of rotatable bonds is 5. The molecule has 1 heterocycles. The lowest BCUT2D eigenvalue weighted by Gasteiger charge is -2.00. The largest absolute Gasteiger partial charge is 0.325 e. The second kappa shape index (κ2) is 5.08. The SMILES string of the molecule is CS(=O)(=O)OCCCc1c[nH]c(=O)[nH]c1=O. The van der Waals surface area contributed by atoms with Gasteiger partial charge < -0.3 is 4.98 Å². The first kappa shape index (κ1) is 12.7. The molecule has 1 aromatic rings. The molecular formula is C8H12N2O5S. The summed E-state index contributed by atoms with van der Waals surface area (Å²) in [5.74, 6) is 0. The Hall–Kier alpha value is -1.41. The van der Waals surface area contributed by atoms with Gasteiger partial charge in [-0.3, -0.25) is 14.0 Å². The van der Waals surface area contributed by atoms with Crippen LogP contribution in [0.3, 0.4) is 0 Å². The van der Waals surface area contributed by atoms with Crippen LogP contribution < -0.4 is 11.2 Å². The first-order valence-corrected chi connectivity index (χ1v) is 6.35. The topological polar surface area (TPSA) is 109 Å². The molecular weight excluding hydrogens is 236 g/mol. The van der Waals surface area contributed by atoms with Gasteiger partial charge >= 0.3 is 5.69 Å². The molecule has 90 valence electrons. The minimum Gasteiger partial charge on any atom is -0.314 e. The van der Waals surface area contributed by atoms with Crippen molar-refractivity contribution in [3.63, 3.8) is 0 Å². The third-order valence-corrected chi connectivity index (χ3v) is 2.38. The monoisotopic (exact) mass is 248 g/mol. The summed E-state index contributed by atoms with van der Waals surface area (Å²) in [6, 6.07) is 0. The minimum absolute atomic E-state index is 0.0113. The van der Waals surface area contributed by atoms with Crippen molar-refractivity contribution in [3.8, 4) is 0 Å². The second-order valence-corrected chi connectivity index (χ2v) is 4.87. The van der Waals surface area contributed by atoms with Crippen molar-refractivity contribution < 1.29 is 12.6 Å². The molecule has 1 aromatic heterocycles. The predicted octanol–water partition coefficient (Wildman–Crippen LogP) is -1.03. The summed E-state index contributed by atoms with van der Waals surface area (Å²) >= 11 is 0. The van der Waals surface area contributed by atoms with Gasteiger partial charge in [0, 0.05) is 11.8 Å². The standard InChI is InChI=1S/C8H12N2O5S/c1-16(13,14)15-4-2-3-6-5-9-8(12)10-7(6)11/h5H,2-4H2,1H3,(H2,9,10,11,12). The van der Waals surface area contributed by atoms with Crippen molar-refractivity contribution in [2.75, 3.05) is 12.9 Å². The van der Waals surface area contributed by atoms with Gasteiger partial charge in [0.25, 0.3) is 15.7 Å². The summed E-state index contributed by atoms with van der Waals surface area (Å²) in [4.78, 5) is 26.3. The second-order valence-electron chi connectivity index (χ2n) is 3.23. The van der Waals surface area contributed by atoms with Crippen molar-refractivity contribution in [3.05, 3.63) is 32.6 Å². The van der Waals surface area contributed by atoms with Gasteiger partial charge in [0.05, 0.1) is 12.9 Å². The van der Waals surface area contributed by atoms with Crippen LogP contribution in [0, 0.1) is 0 Å². The summed E-state index contributed by atoms with van der Waals surface area (Å²) in [6.45, 7) is 0.0113. The molecule has 0 amide bonds. The van der Waals surface area contributed by atoms with Gasteiger partial charge in [0.2, 0.25) is 0 Å². The van der Waals surface area contributed by atoms with Gasteiger partial charge in [-0.1, -0.05) is 0 Å². The fourth-order valence-electron chi connectivity index (χ4n) is 1.10. The highest BCUT2D eigenvalue weighted by Crippen LogP contribution is 1.96. The van der Waals surface area contributed by atoms with E-state index in [1.807, 2.05) is 0 Å². The molecule has 0 spiro atoms. The Kier molecular flexibility index (Phi) is 4.02. The van der Waals surface area contributed by atoms with E-state index in [1.165, 1.54) is 6.20 Å². The van der Waals surface area contributed by atoms with Crippen LogP contribution in [0.1, 0.15) is 12.0 Å². The quantitative estimate of drug-likeness (QED) is 0.511. The molecule has 0 aliphatic heterocycles. The molecule has 0 aromatic carbocycles. The third-order valence-electron chi connectivity index (χ3n) is 1.78. The lowest BCUT2D eigenvalue weighted by Crippen LogP contribution is -2.24. The number of aromatic amines is 2. The van der Waals surface area contributed by atoms with E-state index < -0.39 is 21.4 Å². The van der Waals surface area contributed by atoms with Gasteiger partial charge in [0.15, 0.2) is 0 Å². The summed E-state index contributed by atoms with van der Waals surface area (Å²) in [5.41, 5.74) is -0.652. The molecule has 16 heavy (non-hydrogen) atoms. The first-order valence-electron chi connectivity index (χ1n) is 4.54. The van der Waals surface area contributed by atoms with E-state index in [0.717, 1.165) is 6.26 Å². The van der Waals surface area contributed by atoms with Crippen molar-refractivity contribution >= 4 is 10.1 Å². The molecule has 0 atom stereocenters. The van der Waals surface area contributed by atoms with Gasteiger partial charge in [0.1, 0.15) is 0 Å². The Morgan fingerprint density at radius 1 is 1.38 bits per heavy atom. The number of H-pyrrole nitrogens is 2. The molecule has 0 unspecified atom stereocenters. The number of aromatic nitrogens is 2. The average molecular weight is 248 g/mol. The van der Waals surface area contributed by atoms with Crippen LogP contribution in [-0.4, -0.2) is 31.2 Å². The highest BCUT2D eigenvalue weighted by atomic mass is 32.2. The average Bonchev–Trinajstić information content (AvgIpc) is 2.13. The Morgan fingerprint density at radius 2 is 2.06 bits per heavy atom. The van der Waals surface area contributed by atoms with Crippen LogP contribution in [0.2, 0.25) is 0 Å². The van der Waals surface area contributed by atoms with E-state index >= 15 is 0 Å². The van der Waals surface area contributed by atoms with Gasteiger partial charge in [-0.25, -0.2) is 4.79 Å². The Bertz CT molecular complexity index is 556. The molecule has 0 fully saturated rings. The maximum atomic E-state index is 11.2. The van der Waals surface area contributed by atoms with Crippen LogP contribution in [-0.2, 0) is 20.7 Å². The number of hydrogen-bond acceptors (Lipinski definition) is 5. The van der Waals surface area contributed by atoms with Crippen LogP contribution in [0.15, 0.2) is 15.8 Å². The molecule has 2 N–H and O–H groups in total. The molecule has 0 aliphatic carbocycles. The lowest BCUT2D eigenvalue weighted by atomic mass is 10.2. The molecule has 0 aliphatic rings. The number of aryl methyl sites for hydroxylation is 1. The maximum absolute atomic E-state index is 11.2. The van der Waals surface area contributed by atoms with Crippen LogP contribution in [0.5, 0.6) is 0 Å². The zero-order valence-electron chi connectivity index (χ0n) is 8.65. The molecule has 0 saturated heterocycles. The maximum Gasteiger partial charge on any atom is 0.325 e. The van der Waals surface area contributed by atoms with Crippen LogP contribution in [0.25, 0.3) is 0 Å². The molecule has 1 rings (SSSR count). The highest BCUT2D eigenvalue weighted by Gasteiger charge is 2.03. The van der Waals surface area contributed by atoms with Crippen molar-refractivity contribution in [2.45, 2.75) is 12.8 Å². The summed E-state index contributed by atoms with van der Waals surface area (Å²) in [6.07, 6.45) is 2.98. The molecule has 0 saturated carbocycles. The van der Waals surface area contributed by atoms with E-state index in [9.17, 15) is 18.0 Å². The Morgan fingerprint density at radius 3 is 2.62 bits per heavy atom. The van der Waals surface area contributed by atoms with Gasteiger partial charge in [-0.15, -0.1) is 0 Å². The predicted molar refractivity (Wildman–Crippen MR) is 56.8 cm³/mol. The summed E-state index contributed by atoms with van der Waals surface area (Å²) in [5, 5.41) is 0. The van der Waals surface area contributed by atoms with E-state index in [0.29, 0.717) is 18.4 Å². The van der Waals surface area contributed by atoms with Crippen LogP contribution >= 0.6 is 0 Å². The van der Waals surface area contributed by atoms with Gasteiger partial charge in [-0.2, -0.15) is 8.42 Å². The Labute approximate surface area is 91.6 Å². The zero-order chi connectivity index (χ0) is 12.2. The third kappa shape index (κ3) is 4.41. The highest BCUT2D eigenvalue weighted by molar-refractivity contribution is 7.85. The number of hydrogen-bond donors (Lipinski definition) is 2. The van der Waals surface area contributed by atoms with E-state index in [4.69, 9.17) is 0 Å². The minimum atomic E-state index is -3.44. The van der Waals surface area contributed by atoms with E-state index in [2.05, 4.69) is 14.2 Å². The molecule has 0 radical (unpaired) electrons. The van der Waals surface area contributed by atoms with Crippen molar-refractivity contribution in [2.24, 2.45) is 0 Å². The first-order chi connectivity index (χ1) is 7.38. The fourth-order valence-corrected chi connectivity index (χ4v) is 1.52. The smallest absolute Gasteiger partial charge is 0.314 e. The van der Waals surface area contributed by atoms with Crippen LogP contribution in [0.4, 0.5) is 0 Å². The van der Waals surface area contributed by atoms with E-state index in [-0.39, 0.29) is 6.61 Å². The molecule has 7 nitrogen and oxygen atoms in total. The zero-order valence-corrected chi connectivity index (χ0v) is 9.46. The Balaban J connectivity index is 2.50. The molecule has 0 bridgehead atoms. The summed E-state index contributed by atoms with van der Waals surface area (Å²) < 4.78 is 25.7. The normalized spacial score (nSPS) is 11.6. The van der Waals surface area contributed by atoms with Crippen molar-refractivity contribution in [1.29, 1.82) is 0 Å². The van der Waals surface area contributed by atoms with E-state index in [1.54, 1.807) is 0 Å². The number of nitrogens with one attached hydrogen (secondary N) is 2. The van der Waals surface area contributed by atoms with Crippen molar-refractivity contribution in [1.82, 2.24) is 9.97 Å².